The van der Waals surface area contributed by atoms with E-state index in [1.54, 1.807) is 4.90 Å². The van der Waals surface area contributed by atoms with Gasteiger partial charge in [0.15, 0.2) is 0 Å². The molecule has 1 aliphatic heterocycles. The Morgan fingerprint density at radius 3 is 2.52 bits per heavy atom. The van der Waals surface area contributed by atoms with Gasteiger partial charge in [-0.15, -0.1) is 0 Å². The lowest BCUT2D eigenvalue weighted by Gasteiger charge is -2.39. The minimum absolute atomic E-state index is 0.0368. The van der Waals surface area contributed by atoms with Crippen molar-refractivity contribution in [2.45, 2.75) is 25.8 Å². The summed E-state index contributed by atoms with van der Waals surface area (Å²) in [4.78, 5) is 26.4. The van der Waals surface area contributed by atoms with Gasteiger partial charge in [-0.25, -0.2) is 0 Å². The van der Waals surface area contributed by atoms with E-state index in [1.165, 1.54) is 0 Å². The summed E-state index contributed by atoms with van der Waals surface area (Å²) < 4.78 is 5.33. The molecule has 0 atom stereocenters. The number of hydrogen-bond donors (Lipinski definition) is 1. The van der Waals surface area contributed by atoms with Gasteiger partial charge in [0.25, 0.3) is 5.91 Å². The number of fused-ring (bicyclic) bond motifs is 1. The van der Waals surface area contributed by atoms with Crippen LogP contribution in [0.1, 0.15) is 19.4 Å². The molecule has 1 N–H and O–H groups in total. The molecule has 130 valence electrons. The minimum Gasteiger partial charge on any atom is -0.464 e. The first-order chi connectivity index (χ1) is 12.0. The monoisotopic (exact) mass is 338 g/mol. The fourth-order valence-corrected chi connectivity index (χ4v) is 2.94. The van der Waals surface area contributed by atoms with Gasteiger partial charge in [0.1, 0.15) is 12.1 Å². The number of carbonyl (C=O) groups excluding carboxylic acids is 2. The zero-order valence-corrected chi connectivity index (χ0v) is 14.5. The van der Waals surface area contributed by atoms with Crippen molar-refractivity contribution in [1.29, 1.82) is 0 Å². The molecule has 25 heavy (non-hydrogen) atoms. The van der Waals surface area contributed by atoms with Gasteiger partial charge >= 0.3 is 5.97 Å². The number of esters is 1. The first kappa shape index (κ1) is 17.0. The van der Waals surface area contributed by atoms with Gasteiger partial charge in [0.2, 0.25) is 0 Å². The lowest BCUT2D eigenvalue weighted by atomic mass is 9.98. The molecule has 0 aromatic heterocycles. The SMILES string of the molecule is CC1(C)Nc2ccccc2N(CCOC(=O)Cc2ccccc2)C1=O. The average molecular weight is 338 g/mol. The van der Waals surface area contributed by atoms with E-state index in [0.29, 0.717) is 6.54 Å². The molecule has 1 heterocycles. The van der Waals surface area contributed by atoms with Gasteiger partial charge in [0.05, 0.1) is 24.3 Å². The van der Waals surface area contributed by atoms with Gasteiger partial charge in [-0.3, -0.25) is 9.59 Å². The molecule has 1 amide bonds. The highest BCUT2D eigenvalue weighted by Crippen LogP contribution is 2.34. The van der Waals surface area contributed by atoms with Crippen molar-refractivity contribution >= 4 is 23.3 Å². The van der Waals surface area contributed by atoms with Crippen LogP contribution in [0.5, 0.6) is 0 Å². The lowest BCUT2D eigenvalue weighted by molar-refractivity contribution is -0.142. The summed E-state index contributed by atoms with van der Waals surface area (Å²) in [5.74, 6) is -0.327. The molecule has 0 saturated carbocycles. The number of benzene rings is 2. The third-order valence-corrected chi connectivity index (χ3v) is 4.19. The number of nitrogens with zero attached hydrogens (tertiary/aromatic N) is 1. The van der Waals surface area contributed by atoms with Crippen molar-refractivity contribution in [3.8, 4) is 0 Å². The van der Waals surface area contributed by atoms with Crippen LogP contribution in [0.25, 0.3) is 0 Å². The summed E-state index contributed by atoms with van der Waals surface area (Å²) in [6, 6.07) is 17.1. The van der Waals surface area contributed by atoms with Gasteiger partial charge in [0, 0.05) is 0 Å². The number of carbonyl (C=O) groups is 2. The van der Waals surface area contributed by atoms with E-state index < -0.39 is 5.54 Å². The summed E-state index contributed by atoms with van der Waals surface area (Å²) in [6.45, 7) is 4.20. The molecule has 2 aromatic rings. The highest BCUT2D eigenvalue weighted by atomic mass is 16.5. The maximum Gasteiger partial charge on any atom is 0.310 e. The van der Waals surface area contributed by atoms with Crippen LogP contribution in [-0.2, 0) is 20.7 Å². The van der Waals surface area contributed by atoms with E-state index in [9.17, 15) is 9.59 Å². The van der Waals surface area contributed by atoms with Crippen LogP contribution in [0.2, 0.25) is 0 Å². The molecule has 1 aliphatic rings. The largest absolute Gasteiger partial charge is 0.464 e. The van der Waals surface area contributed by atoms with Gasteiger partial charge in [-0.1, -0.05) is 42.5 Å². The normalized spacial score (nSPS) is 15.3. The summed E-state index contributed by atoms with van der Waals surface area (Å²) in [6.07, 6.45) is 0.235. The predicted octanol–water partition coefficient (Wildman–Crippen LogP) is 3.01. The number of anilines is 2. The molecular weight excluding hydrogens is 316 g/mol. The quantitative estimate of drug-likeness (QED) is 0.852. The maximum absolute atomic E-state index is 12.7. The molecule has 0 fully saturated rings. The zero-order valence-electron chi connectivity index (χ0n) is 14.5. The Kier molecular flexibility index (Phi) is 4.74. The zero-order chi connectivity index (χ0) is 17.9. The Balaban J connectivity index is 1.62. The lowest BCUT2D eigenvalue weighted by Crippen LogP contribution is -2.54. The van der Waals surface area contributed by atoms with E-state index >= 15 is 0 Å². The third kappa shape index (κ3) is 3.82. The summed E-state index contributed by atoms with van der Waals surface area (Å²) >= 11 is 0. The highest BCUT2D eigenvalue weighted by molar-refractivity contribution is 6.07. The van der Waals surface area contributed by atoms with Crippen LogP contribution < -0.4 is 10.2 Å². The van der Waals surface area contributed by atoms with Crippen molar-refractivity contribution in [2.24, 2.45) is 0 Å². The Labute approximate surface area is 147 Å². The second-order valence-electron chi connectivity index (χ2n) is 6.61. The van der Waals surface area contributed by atoms with E-state index in [1.807, 2.05) is 68.4 Å². The van der Waals surface area contributed by atoms with Crippen LogP contribution in [0, 0.1) is 0 Å². The number of nitrogens with one attached hydrogen (secondary N) is 1. The molecule has 0 saturated heterocycles. The third-order valence-electron chi connectivity index (χ3n) is 4.19. The first-order valence-electron chi connectivity index (χ1n) is 8.36. The average Bonchev–Trinajstić information content (AvgIpc) is 2.59. The fraction of sp³-hybridized carbons (Fsp3) is 0.300. The van der Waals surface area contributed by atoms with Crippen LogP contribution in [-0.4, -0.2) is 30.6 Å². The second-order valence-corrected chi connectivity index (χ2v) is 6.61. The maximum atomic E-state index is 12.7. The fourth-order valence-electron chi connectivity index (χ4n) is 2.94. The summed E-state index contributed by atoms with van der Waals surface area (Å²) in [5.41, 5.74) is 1.94. The van der Waals surface area contributed by atoms with Crippen LogP contribution >= 0.6 is 0 Å². The predicted molar refractivity (Wildman–Crippen MR) is 97.6 cm³/mol. The standard InChI is InChI=1S/C20H22N2O3/c1-20(2)19(24)22(17-11-7-6-10-16(17)21-20)12-13-25-18(23)14-15-8-4-3-5-9-15/h3-11,21H,12-14H2,1-2H3. The Morgan fingerprint density at radius 2 is 1.76 bits per heavy atom. The Morgan fingerprint density at radius 1 is 1.08 bits per heavy atom. The van der Waals surface area contributed by atoms with Gasteiger partial charge in [-0.2, -0.15) is 0 Å². The Bertz CT molecular complexity index is 772. The molecule has 0 radical (unpaired) electrons. The van der Waals surface area contributed by atoms with Crippen molar-refractivity contribution in [2.75, 3.05) is 23.4 Å². The molecule has 0 bridgehead atoms. The van der Waals surface area contributed by atoms with Crippen molar-refractivity contribution in [1.82, 2.24) is 0 Å². The molecular formula is C20H22N2O3. The number of para-hydroxylation sites is 2. The van der Waals surface area contributed by atoms with Crippen LogP contribution in [0.3, 0.4) is 0 Å². The van der Waals surface area contributed by atoms with Gasteiger partial charge in [-0.05, 0) is 31.5 Å². The van der Waals surface area contributed by atoms with E-state index in [-0.39, 0.29) is 24.9 Å². The smallest absolute Gasteiger partial charge is 0.310 e. The summed E-state index contributed by atoms with van der Waals surface area (Å²) in [7, 11) is 0. The number of amides is 1. The van der Waals surface area contributed by atoms with E-state index in [2.05, 4.69) is 5.32 Å². The van der Waals surface area contributed by atoms with Crippen LogP contribution in [0.15, 0.2) is 54.6 Å². The van der Waals surface area contributed by atoms with Crippen molar-refractivity contribution in [3.63, 3.8) is 0 Å². The summed E-state index contributed by atoms with van der Waals surface area (Å²) in [5, 5.41) is 3.25. The molecule has 3 rings (SSSR count). The van der Waals surface area contributed by atoms with E-state index in [0.717, 1.165) is 16.9 Å². The topological polar surface area (TPSA) is 58.6 Å². The number of ether oxygens (including phenoxy) is 1. The second kappa shape index (κ2) is 6.97. The molecule has 0 spiro atoms. The van der Waals surface area contributed by atoms with Crippen molar-refractivity contribution in [3.05, 3.63) is 60.2 Å². The number of hydrogen-bond acceptors (Lipinski definition) is 4. The van der Waals surface area contributed by atoms with Gasteiger partial charge < -0.3 is 15.0 Å². The highest BCUT2D eigenvalue weighted by Gasteiger charge is 2.38. The molecule has 0 aliphatic carbocycles. The molecule has 2 aromatic carbocycles. The number of rotatable bonds is 5. The molecule has 5 heteroatoms. The Hall–Kier alpha value is -2.82. The van der Waals surface area contributed by atoms with Crippen molar-refractivity contribution < 1.29 is 14.3 Å². The minimum atomic E-state index is -0.692. The van der Waals surface area contributed by atoms with Crippen LogP contribution in [0.4, 0.5) is 11.4 Å². The molecule has 5 nitrogen and oxygen atoms in total. The first-order valence-corrected chi connectivity index (χ1v) is 8.36. The van der Waals surface area contributed by atoms with E-state index in [4.69, 9.17) is 4.74 Å². The molecule has 0 unspecified atom stereocenters.